The highest BCUT2D eigenvalue weighted by Crippen LogP contribution is 2.44. The first-order valence-electron chi connectivity index (χ1n) is 10.1. The van der Waals surface area contributed by atoms with Crippen LogP contribution >= 0.6 is 0 Å². The molecule has 1 aliphatic carbocycles. The molecule has 2 rings (SSSR count). The molecular formula is C27H32N2. The Bertz CT molecular complexity index is 912. The van der Waals surface area contributed by atoms with Gasteiger partial charge in [0.25, 0.3) is 0 Å². The van der Waals surface area contributed by atoms with Gasteiger partial charge in [-0.25, -0.2) is 4.98 Å². The number of hydrogen-bond acceptors (Lipinski definition) is 1. The standard InChI is InChI=1S/C27H32N2/c1-6-9-11-14-17-24(5)27(29-21-20-28-22-29,25(8-3)18-10-7-2)26-19-15-12-13-16-23(26)4/h6-10,13-22H,3,5,11-12H2,1-2,4H3/b9-6-,10-7-,17-14-,25-18+. The van der Waals surface area contributed by atoms with Crippen LogP contribution in [0.2, 0.25) is 0 Å². The second kappa shape index (κ2) is 11.0. The Morgan fingerprint density at radius 3 is 2.66 bits per heavy atom. The molecule has 0 aliphatic heterocycles. The Balaban J connectivity index is 2.86. The van der Waals surface area contributed by atoms with Gasteiger partial charge in [0.2, 0.25) is 0 Å². The zero-order chi connectivity index (χ0) is 21.1. The van der Waals surface area contributed by atoms with Crippen LogP contribution in [0.15, 0.2) is 127 Å². The lowest BCUT2D eigenvalue weighted by Crippen LogP contribution is -2.38. The van der Waals surface area contributed by atoms with E-state index in [2.05, 4.69) is 84.3 Å². The van der Waals surface area contributed by atoms with Gasteiger partial charge in [0, 0.05) is 12.4 Å². The SMILES string of the molecule is C=C/C(=C\C=C/C)C(C(=C)/C=C\C/C=C\C)(C1=C(C)C=CCC=C1)n1ccnc1. The molecule has 0 saturated carbocycles. The molecule has 0 saturated heterocycles. The van der Waals surface area contributed by atoms with Crippen LogP contribution in [0, 0.1) is 0 Å². The smallest absolute Gasteiger partial charge is 0.121 e. The molecule has 1 unspecified atom stereocenters. The van der Waals surface area contributed by atoms with Crippen molar-refractivity contribution in [3.05, 3.63) is 127 Å². The molecule has 2 nitrogen and oxygen atoms in total. The number of hydrogen-bond donors (Lipinski definition) is 0. The summed E-state index contributed by atoms with van der Waals surface area (Å²) in [4.78, 5) is 4.36. The third-order valence-electron chi connectivity index (χ3n) is 5.03. The summed E-state index contributed by atoms with van der Waals surface area (Å²) < 4.78 is 2.13. The van der Waals surface area contributed by atoms with Gasteiger partial charge in [-0.05, 0) is 55.9 Å². The van der Waals surface area contributed by atoms with Crippen LogP contribution in [0.25, 0.3) is 0 Å². The maximum absolute atomic E-state index is 4.53. The summed E-state index contributed by atoms with van der Waals surface area (Å²) in [5, 5.41) is 0. The number of aromatic nitrogens is 2. The molecule has 0 spiro atoms. The molecule has 1 aromatic rings. The Morgan fingerprint density at radius 2 is 2.00 bits per heavy atom. The van der Waals surface area contributed by atoms with Crippen molar-refractivity contribution in [3.63, 3.8) is 0 Å². The summed E-state index contributed by atoms with van der Waals surface area (Å²) in [6, 6.07) is 0. The van der Waals surface area contributed by atoms with Crippen LogP contribution in [0.1, 0.15) is 33.6 Å². The van der Waals surface area contributed by atoms with Crippen molar-refractivity contribution in [2.45, 2.75) is 39.2 Å². The van der Waals surface area contributed by atoms with Gasteiger partial charge >= 0.3 is 0 Å². The molecule has 150 valence electrons. The van der Waals surface area contributed by atoms with E-state index in [1.54, 1.807) is 0 Å². The second-order valence-corrected chi connectivity index (χ2v) is 6.90. The summed E-state index contributed by atoms with van der Waals surface area (Å²) in [6.07, 6.45) is 32.8. The largest absolute Gasteiger partial charge is 0.319 e. The van der Waals surface area contributed by atoms with E-state index in [-0.39, 0.29) is 0 Å². The monoisotopic (exact) mass is 384 g/mol. The summed E-state index contributed by atoms with van der Waals surface area (Å²) in [5.74, 6) is 0. The van der Waals surface area contributed by atoms with Gasteiger partial charge in [-0.1, -0.05) is 86.1 Å². The molecule has 0 bridgehead atoms. The van der Waals surface area contributed by atoms with Crippen molar-refractivity contribution in [3.8, 4) is 0 Å². The summed E-state index contributed by atoms with van der Waals surface area (Å²) in [5.41, 5.74) is 3.73. The summed E-state index contributed by atoms with van der Waals surface area (Å²) >= 11 is 0. The van der Waals surface area contributed by atoms with Crippen LogP contribution in [-0.2, 0) is 5.54 Å². The number of allylic oxidation sites excluding steroid dienone is 16. The van der Waals surface area contributed by atoms with Gasteiger partial charge in [-0.2, -0.15) is 0 Å². The zero-order valence-electron chi connectivity index (χ0n) is 17.9. The predicted molar refractivity (Wildman–Crippen MR) is 127 cm³/mol. The van der Waals surface area contributed by atoms with E-state index in [0.29, 0.717) is 0 Å². The highest BCUT2D eigenvalue weighted by atomic mass is 15.1. The average molecular weight is 385 g/mol. The Morgan fingerprint density at radius 1 is 1.21 bits per heavy atom. The van der Waals surface area contributed by atoms with Gasteiger partial charge in [0.1, 0.15) is 5.54 Å². The maximum Gasteiger partial charge on any atom is 0.121 e. The van der Waals surface area contributed by atoms with E-state index in [1.807, 2.05) is 50.8 Å². The quantitative estimate of drug-likeness (QED) is 0.326. The van der Waals surface area contributed by atoms with E-state index >= 15 is 0 Å². The molecule has 1 aliphatic rings. The molecule has 0 aromatic carbocycles. The molecule has 0 amide bonds. The Labute approximate surface area is 176 Å². The first kappa shape index (κ1) is 22.2. The van der Waals surface area contributed by atoms with E-state index in [0.717, 1.165) is 24.0 Å². The molecule has 0 radical (unpaired) electrons. The van der Waals surface area contributed by atoms with Crippen molar-refractivity contribution in [2.75, 3.05) is 0 Å². The van der Waals surface area contributed by atoms with Crippen molar-refractivity contribution >= 4 is 0 Å². The minimum absolute atomic E-state index is 0.639. The lowest BCUT2D eigenvalue weighted by Gasteiger charge is -2.40. The fourth-order valence-electron chi connectivity index (χ4n) is 3.64. The van der Waals surface area contributed by atoms with Gasteiger partial charge in [0.15, 0.2) is 0 Å². The highest BCUT2D eigenvalue weighted by molar-refractivity contribution is 5.58. The van der Waals surface area contributed by atoms with Crippen molar-refractivity contribution in [1.29, 1.82) is 0 Å². The molecule has 0 N–H and O–H groups in total. The molecule has 1 heterocycles. The van der Waals surface area contributed by atoms with Crippen LogP contribution < -0.4 is 0 Å². The minimum atomic E-state index is -0.639. The first-order valence-corrected chi connectivity index (χ1v) is 10.1. The predicted octanol–water partition coefficient (Wildman–Crippen LogP) is 7.18. The summed E-state index contributed by atoms with van der Waals surface area (Å²) in [6.45, 7) is 14.9. The molecule has 29 heavy (non-hydrogen) atoms. The molecule has 1 aromatic heterocycles. The fraction of sp³-hybridized carbons (Fsp3) is 0.222. The highest BCUT2D eigenvalue weighted by Gasteiger charge is 2.40. The van der Waals surface area contributed by atoms with E-state index in [9.17, 15) is 0 Å². The zero-order valence-corrected chi connectivity index (χ0v) is 17.9. The van der Waals surface area contributed by atoms with Crippen LogP contribution in [0.5, 0.6) is 0 Å². The average Bonchev–Trinajstić information content (AvgIpc) is 3.18. The minimum Gasteiger partial charge on any atom is -0.319 e. The maximum atomic E-state index is 4.53. The molecular weight excluding hydrogens is 352 g/mol. The Hall–Kier alpha value is -3.13. The van der Waals surface area contributed by atoms with E-state index in [1.165, 1.54) is 11.1 Å². The van der Waals surface area contributed by atoms with Gasteiger partial charge in [0.05, 0.1) is 6.33 Å². The van der Waals surface area contributed by atoms with Crippen molar-refractivity contribution in [2.24, 2.45) is 0 Å². The number of rotatable bonds is 9. The van der Waals surface area contributed by atoms with E-state index in [4.69, 9.17) is 0 Å². The Kier molecular flexibility index (Phi) is 8.42. The van der Waals surface area contributed by atoms with Crippen LogP contribution in [0.3, 0.4) is 0 Å². The van der Waals surface area contributed by atoms with E-state index < -0.39 is 5.54 Å². The lowest BCUT2D eigenvalue weighted by atomic mass is 9.73. The molecule has 0 fully saturated rings. The second-order valence-electron chi connectivity index (χ2n) is 6.90. The first-order chi connectivity index (χ1) is 14.1. The van der Waals surface area contributed by atoms with Crippen LogP contribution in [0.4, 0.5) is 0 Å². The van der Waals surface area contributed by atoms with Crippen molar-refractivity contribution in [1.82, 2.24) is 9.55 Å². The van der Waals surface area contributed by atoms with Crippen LogP contribution in [-0.4, -0.2) is 9.55 Å². The fourth-order valence-corrected chi connectivity index (χ4v) is 3.64. The van der Waals surface area contributed by atoms with Gasteiger partial charge < -0.3 is 4.57 Å². The summed E-state index contributed by atoms with van der Waals surface area (Å²) in [7, 11) is 0. The lowest BCUT2D eigenvalue weighted by molar-refractivity contribution is 0.509. The van der Waals surface area contributed by atoms with Gasteiger partial charge in [-0.15, -0.1) is 0 Å². The molecule has 1 atom stereocenters. The third kappa shape index (κ3) is 4.83. The normalized spacial score (nSPS) is 17.4. The number of imidazole rings is 1. The number of nitrogens with zero attached hydrogens (tertiary/aromatic N) is 2. The molecule has 2 heteroatoms. The van der Waals surface area contributed by atoms with Gasteiger partial charge in [-0.3, -0.25) is 0 Å². The third-order valence-corrected chi connectivity index (χ3v) is 5.03. The van der Waals surface area contributed by atoms with Crippen molar-refractivity contribution < 1.29 is 0 Å². The topological polar surface area (TPSA) is 17.8 Å².